The monoisotopic (exact) mass is 379 g/mol. The third-order valence-corrected chi connectivity index (χ3v) is 5.07. The van der Waals surface area contributed by atoms with Crippen molar-refractivity contribution >= 4 is 23.7 Å². The van der Waals surface area contributed by atoms with Gasteiger partial charge in [0.2, 0.25) is 11.9 Å². The van der Waals surface area contributed by atoms with E-state index in [-0.39, 0.29) is 5.91 Å². The van der Waals surface area contributed by atoms with Gasteiger partial charge in [0, 0.05) is 39.0 Å². The largest absolute Gasteiger partial charge is 0.363 e. The molecule has 2 aromatic rings. The summed E-state index contributed by atoms with van der Waals surface area (Å²) in [5.41, 5.74) is 1.03. The van der Waals surface area contributed by atoms with Gasteiger partial charge in [0.25, 0.3) is 0 Å². The Morgan fingerprint density at radius 3 is 2.61 bits per heavy atom. The number of carbonyl (C=O) groups excluding carboxylic acids is 1. The van der Waals surface area contributed by atoms with Crippen LogP contribution in [0.2, 0.25) is 0 Å². The van der Waals surface area contributed by atoms with Gasteiger partial charge < -0.3 is 15.5 Å². The molecule has 6 nitrogen and oxygen atoms in total. The van der Waals surface area contributed by atoms with Crippen molar-refractivity contribution in [3.8, 4) is 0 Å². The summed E-state index contributed by atoms with van der Waals surface area (Å²) in [4.78, 5) is 22.8. The normalized spacial score (nSPS) is 19.4. The number of nitrogens with one attached hydrogen (secondary N) is 2. The fraction of sp³-hybridized carbons (Fsp3) is 0.409. The molecule has 0 saturated heterocycles. The van der Waals surface area contributed by atoms with Gasteiger partial charge in [-0.15, -0.1) is 0 Å². The Morgan fingerprint density at radius 1 is 1.14 bits per heavy atom. The number of hydrogen-bond acceptors (Lipinski definition) is 5. The molecule has 1 heterocycles. The second kappa shape index (κ2) is 9.88. The zero-order valence-electron chi connectivity index (χ0n) is 16.6. The Bertz CT molecular complexity index is 783. The van der Waals surface area contributed by atoms with Crippen molar-refractivity contribution in [3.05, 3.63) is 54.2 Å². The summed E-state index contributed by atoms with van der Waals surface area (Å²) in [6.07, 6.45) is 9.55. The van der Waals surface area contributed by atoms with E-state index in [4.69, 9.17) is 0 Å². The lowest BCUT2D eigenvalue weighted by molar-refractivity contribution is -0.116. The van der Waals surface area contributed by atoms with Gasteiger partial charge in [-0.05, 0) is 49.3 Å². The van der Waals surface area contributed by atoms with Crippen LogP contribution in [0.1, 0.15) is 31.2 Å². The third kappa shape index (κ3) is 6.08. The summed E-state index contributed by atoms with van der Waals surface area (Å²) >= 11 is 0. The highest BCUT2D eigenvalue weighted by molar-refractivity contribution is 5.91. The highest BCUT2D eigenvalue weighted by Gasteiger charge is 2.22. The van der Waals surface area contributed by atoms with Crippen LogP contribution in [0, 0.1) is 5.92 Å². The van der Waals surface area contributed by atoms with Crippen LogP contribution in [-0.2, 0) is 4.79 Å². The van der Waals surface area contributed by atoms with Gasteiger partial charge in [0.05, 0.1) is 0 Å². The predicted molar refractivity (Wildman–Crippen MR) is 114 cm³/mol. The molecule has 2 N–H and O–H groups in total. The molecule has 0 unspecified atom stereocenters. The molecule has 1 aromatic heterocycles. The van der Waals surface area contributed by atoms with Crippen LogP contribution in [0.3, 0.4) is 0 Å². The molecule has 0 radical (unpaired) electrons. The zero-order valence-corrected chi connectivity index (χ0v) is 16.6. The zero-order chi connectivity index (χ0) is 19.8. The molecular formula is C22H29N5O. The molecule has 28 heavy (non-hydrogen) atoms. The molecule has 0 atom stereocenters. The summed E-state index contributed by atoms with van der Waals surface area (Å²) in [6.45, 7) is 0.733. The van der Waals surface area contributed by atoms with Crippen molar-refractivity contribution in [2.45, 2.75) is 31.7 Å². The Morgan fingerprint density at radius 2 is 1.89 bits per heavy atom. The number of rotatable bonds is 7. The van der Waals surface area contributed by atoms with E-state index in [0.717, 1.165) is 43.6 Å². The second-order valence-corrected chi connectivity index (χ2v) is 7.48. The Hall–Kier alpha value is -2.89. The minimum atomic E-state index is -0.0296. The van der Waals surface area contributed by atoms with Gasteiger partial charge in [0.15, 0.2) is 0 Å². The molecule has 1 saturated carbocycles. The lowest BCUT2D eigenvalue weighted by Gasteiger charge is -2.29. The van der Waals surface area contributed by atoms with E-state index in [0.29, 0.717) is 17.9 Å². The second-order valence-electron chi connectivity index (χ2n) is 7.48. The maximum Gasteiger partial charge on any atom is 0.244 e. The quantitative estimate of drug-likeness (QED) is 0.722. The van der Waals surface area contributed by atoms with Crippen molar-refractivity contribution in [2.24, 2.45) is 5.92 Å². The van der Waals surface area contributed by atoms with Crippen molar-refractivity contribution in [3.63, 3.8) is 0 Å². The average Bonchev–Trinajstić information content (AvgIpc) is 2.72. The molecule has 6 heteroatoms. The van der Waals surface area contributed by atoms with Crippen molar-refractivity contribution in [2.75, 3.05) is 30.9 Å². The summed E-state index contributed by atoms with van der Waals surface area (Å²) in [7, 11) is 3.95. The maximum absolute atomic E-state index is 12.0. The number of amides is 1. The van der Waals surface area contributed by atoms with E-state index in [9.17, 15) is 4.79 Å². The van der Waals surface area contributed by atoms with Gasteiger partial charge in [-0.3, -0.25) is 4.79 Å². The van der Waals surface area contributed by atoms with E-state index in [1.54, 1.807) is 12.3 Å². The number of carbonyl (C=O) groups is 1. The predicted octanol–water partition coefficient (Wildman–Crippen LogP) is 3.34. The van der Waals surface area contributed by atoms with E-state index in [1.165, 1.54) is 0 Å². The first kappa shape index (κ1) is 19.9. The fourth-order valence-corrected chi connectivity index (χ4v) is 3.40. The van der Waals surface area contributed by atoms with Crippen molar-refractivity contribution in [1.82, 2.24) is 15.3 Å². The van der Waals surface area contributed by atoms with E-state index >= 15 is 0 Å². The smallest absolute Gasteiger partial charge is 0.244 e. The molecule has 1 fully saturated rings. The van der Waals surface area contributed by atoms with Crippen LogP contribution >= 0.6 is 0 Å². The summed E-state index contributed by atoms with van der Waals surface area (Å²) in [5, 5.41) is 6.48. The van der Waals surface area contributed by atoms with Crippen molar-refractivity contribution < 1.29 is 4.79 Å². The van der Waals surface area contributed by atoms with Gasteiger partial charge in [-0.25, -0.2) is 4.98 Å². The molecule has 1 aliphatic carbocycles. The van der Waals surface area contributed by atoms with Crippen molar-refractivity contribution in [1.29, 1.82) is 0 Å². The molecule has 1 aromatic carbocycles. The highest BCUT2D eigenvalue weighted by Crippen LogP contribution is 2.25. The maximum atomic E-state index is 12.0. The molecule has 1 amide bonds. The van der Waals surface area contributed by atoms with Gasteiger partial charge >= 0.3 is 0 Å². The summed E-state index contributed by atoms with van der Waals surface area (Å²) in [6, 6.07) is 12.1. The minimum Gasteiger partial charge on any atom is -0.363 e. The molecule has 3 rings (SSSR count). The standard InChI is InChI=1S/C22H29N5O/c1-27(2)20-14-15-23-22(26-20)25-19-11-8-18(9-12-19)16-24-21(28)13-10-17-6-4-3-5-7-17/h3-7,10,13-15,18-19H,8-9,11-12,16H2,1-2H3,(H,24,28)(H,23,25,26)/b13-10+. The van der Waals surface area contributed by atoms with Crippen LogP contribution in [0.5, 0.6) is 0 Å². The SMILES string of the molecule is CN(C)c1ccnc(NC2CCC(CNC(=O)/C=C/c3ccccc3)CC2)n1. The van der Waals surface area contributed by atoms with E-state index < -0.39 is 0 Å². The van der Waals surface area contributed by atoms with Crippen LogP contribution < -0.4 is 15.5 Å². The molecule has 1 aliphatic rings. The Balaban J connectivity index is 1.39. The number of hydrogen-bond donors (Lipinski definition) is 2. The molecule has 0 bridgehead atoms. The van der Waals surface area contributed by atoms with Crippen LogP contribution in [0.15, 0.2) is 48.7 Å². The van der Waals surface area contributed by atoms with Gasteiger partial charge in [-0.2, -0.15) is 4.98 Å². The fourth-order valence-electron chi connectivity index (χ4n) is 3.40. The third-order valence-electron chi connectivity index (χ3n) is 5.07. The molecule has 148 valence electrons. The lowest BCUT2D eigenvalue weighted by atomic mass is 9.86. The highest BCUT2D eigenvalue weighted by atomic mass is 16.1. The van der Waals surface area contributed by atoms with Crippen LogP contribution in [-0.4, -0.2) is 42.6 Å². The molecular weight excluding hydrogens is 350 g/mol. The number of nitrogens with zero attached hydrogens (tertiary/aromatic N) is 3. The first-order valence-corrected chi connectivity index (χ1v) is 9.88. The minimum absolute atomic E-state index is 0.0296. The Labute approximate surface area is 167 Å². The topological polar surface area (TPSA) is 70.2 Å². The lowest BCUT2D eigenvalue weighted by Crippen LogP contribution is -2.33. The average molecular weight is 380 g/mol. The summed E-state index contributed by atoms with van der Waals surface area (Å²) in [5.74, 6) is 2.09. The first-order valence-electron chi connectivity index (χ1n) is 9.88. The van der Waals surface area contributed by atoms with Crippen LogP contribution in [0.4, 0.5) is 11.8 Å². The Kier molecular flexibility index (Phi) is 7.00. The number of anilines is 2. The van der Waals surface area contributed by atoms with Gasteiger partial charge in [0.1, 0.15) is 5.82 Å². The van der Waals surface area contributed by atoms with E-state index in [2.05, 4.69) is 20.6 Å². The van der Waals surface area contributed by atoms with Gasteiger partial charge in [-0.1, -0.05) is 30.3 Å². The van der Waals surface area contributed by atoms with E-state index in [1.807, 2.05) is 61.5 Å². The number of aromatic nitrogens is 2. The van der Waals surface area contributed by atoms with Crippen LogP contribution in [0.25, 0.3) is 6.08 Å². The molecule has 0 spiro atoms. The summed E-state index contributed by atoms with van der Waals surface area (Å²) < 4.78 is 0. The first-order chi connectivity index (χ1) is 13.6. The number of benzene rings is 1. The molecule has 0 aliphatic heterocycles.